The Labute approximate surface area is 126 Å². The lowest BCUT2D eigenvalue weighted by Crippen LogP contribution is -2.43. The molecule has 1 N–H and O–H groups in total. The van der Waals surface area contributed by atoms with Crippen molar-refractivity contribution in [3.63, 3.8) is 0 Å². The lowest BCUT2D eigenvalue weighted by Gasteiger charge is -2.23. The van der Waals surface area contributed by atoms with E-state index in [0.29, 0.717) is 12.8 Å². The number of non-ortho nitro benzene ring substituents is 1. The summed E-state index contributed by atoms with van der Waals surface area (Å²) in [6.45, 7) is 0. The summed E-state index contributed by atoms with van der Waals surface area (Å²) < 4.78 is 23.0. The maximum absolute atomic E-state index is 12.1. The third kappa shape index (κ3) is 3.92. The second-order valence-corrected chi connectivity index (χ2v) is 7.48. The Bertz CT molecular complexity index is 689. The van der Waals surface area contributed by atoms with Gasteiger partial charge in [-0.05, 0) is 18.9 Å². The van der Waals surface area contributed by atoms with E-state index in [1.807, 2.05) is 0 Å². The summed E-state index contributed by atoms with van der Waals surface area (Å²) in [4.78, 5) is 22.2. The molecule has 0 aromatic heterocycles. The van der Waals surface area contributed by atoms with Crippen LogP contribution in [0.3, 0.4) is 0 Å². The fourth-order valence-electron chi connectivity index (χ4n) is 2.20. The van der Waals surface area contributed by atoms with Gasteiger partial charge in [0.05, 0.1) is 27.0 Å². The van der Waals surface area contributed by atoms with Crippen LogP contribution in [-0.4, -0.2) is 36.8 Å². The molecule has 0 saturated carbocycles. The number of nitro groups is 1. The third-order valence-corrected chi connectivity index (χ3v) is 5.35. The summed E-state index contributed by atoms with van der Waals surface area (Å²) in [6, 6.07) is 3.05. The van der Waals surface area contributed by atoms with Crippen LogP contribution in [0.2, 0.25) is 5.02 Å². The van der Waals surface area contributed by atoms with Crippen LogP contribution in [0, 0.1) is 10.1 Å². The van der Waals surface area contributed by atoms with Crippen molar-refractivity contribution in [1.29, 1.82) is 0 Å². The Balaban J connectivity index is 2.17. The first-order valence-corrected chi connectivity index (χ1v) is 8.44. The lowest BCUT2D eigenvalue weighted by molar-refractivity contribution is -0.384. The molecule has 21 heavy (non-hydrogen) atoms. The van der Waals surface area contributed by atoms with Crippen LogP contribution in [0.5, 0.6) is 0 Å². The smallest absolute Gasteiger partial charge is 0.270 e. The van der Waals surface area contributed by atoms with Gasteiger partial charge in [-0.3, -0.25) is 14.9 Å². The molecule has 1 amide bonds. The van der Waals surface area contributed by atoms with Gasteiger partial charge < -0.3 is 5.32 Å². The zero-order valence-electron chi connectivity index (χ0n) is 10.9. The van der Waals surface area contributed by atoms with Gasteiger partial charge in [0.2, 0.25) is 0 Å². The number of rotatable bonds is 3. The van der Waals surface area contributed by atoms with Crippen LogP contribution in [0.1, 0.15) is 23.2 Å². The highest BCUT2D eigenvalue weighted by Gasteiger charge is 2.27. The Kier molecular flexibility index (Phi) is 4.48. The molecule has 1 aromatic carbocycles. The molecule has 0 spiro atoms. The fraction of sp³-hybridized carbons (Fsp3) is 0.417. The number of hydrogen-bond donors (Lipinski definition) is 1. The van der Waals surface area contributed by atoms with Crippen molar-refractivity contribution in [2.24, 2.45) is 0 Å². The van der Waals surface area contributed by atoms with E-state index in [2.05, 4.69) is 5.32 Å². The zero-order chi connectivity index (χ0) is 15.6. The van der Waals surface area contributed by atoms with Gasteiger partial charge >= 0.3 is 0 Å². The number of nitro benzene ring substituents is 1. The van der Waals surface area contributed by atoms with E-state index in [0.717, 1.165) is 6.07 Å². The van der Waals surface area contributed by atoms with E-state index >= 15 is 0 Å². The van der Waals surface area contributed by atoms with Crippen molar-refractivity contribution in [3.8, 4) is 0 Å². The average Bonchev–Trinajstić information content (AvgIpc) is 2.37. The predicted octanol–water partition coefficient (Wildman–Crippen LogP) is 1.56. The first-order valence-electron chi connectivity index (χ1n) is 6.24. The number of benzene rings is 1. The molecule has 1 aromatic rings. The Morgan fingerprint density at radius 1 is 1.43 bits per heavy atom. The third-order valence-electron chi connectivity index (χ3n) is 3.20. The highest BCUT2D eigenvalue weighted by atomic mass is 35.5. The standard InChI is InChI=1S/C12H13ClN2O5S/c13-11-4-3-9(15(17)18)6-10(11)12(16)14-8-2-1-5-21(19,20)7-8/h3-4,6,8H,1-2,5,7H2,(H,14,16). The SMILES string of the molecule is O=C(NC1CCCS(=O)(=O)C1)c1cc([N+](=O)[O-])ccc1Cl. The topological polar surface area (TPSA) is 106 Å². The van der Waals surface area contributed by atoms with E-state index < -0.39 is 26.7 Å². The number of sulfone groups is 1. The van der Waals surface area contributed by atoms with Gasteiger partial charge in [0.1, 0.15) is 0 Å². The maximum Gasteiger partial charge on any atom is 0.270 e. The summed E-state index contributed by atoms with van der Waals surface area (Å²) in [5, 5.41) is 13.4. The zero-order valence-corrected chi connectivity index (χ0v) is 12.5. The van der Waals surface area contributed by atoms with E-state index in [4.69, 9.17) is 11.6 Å². The number of carbonyl (C=O) groups excluding carboxylic acids is 1. The normalized spacial score (nSPS) is 20.7. The van der Waals surface area contributed by atoms with Gasteiger partial charge in [-0.2, -0.15) is 0 Å². The van der Waals surface area contributed by atoms with Crippen molar-refractivity contribution >= 4 is 33.0 Å². The summed E-state index contributed by atoms with van der Waals surface area (Å²) >= 11 is 5.87. The van der Waals surface area contributed by atoms with Gasteiger partial charge in [0.15, 0.2) is 9.84 Å². The van der Waals surface area contributed by atoms with E-state index in [9.17, 15) is 23.3 Å². The van der Waals surface area contributed by atoms with Crippen LogP contribution in [0.4, 0.5) is 5.69 Å². The lowest BCUT2D eigenvalue weighted by atomic mass is 10.1. The average molecular weight is 333 g/mol. The van der Waals surface area contributed by atoms with Gasteiger partial charge in [0, 0.05) is 18.2 Å². The number of amides is 1. The molecule has 1 heterocycles. The summed E-state index contributed by atoms with van der Waals surface area (Å²) in [5.74, 6) is -0.604. The minimum atomic E-state index is -3.15. The molecule has 2 rings (SSSR count). The maximum atomic E-state index is 12.1. The fourth-order valence-corrected chi connectivity index (χ4v) is 4.04. The molecule has 0 radical (unpaired) electrons. The monoisotopic (exact) mass is 332 g/mol. The largest absolute Gasteiger partial charge is 0.348 e. The van der Waals surface area contributed by atoms with E-state index in [1.54, 1.807) is 0 Å². The summed E-state index contributed by atoms with van der Waals surface area (Å²) in [7, 11) is -3.15. The summed E-state index contributed by atoms with van der Waals surface area (Å²) in [6.07, 6.45) is 1.04. The van der Waals surface area contributed by atoms with Crippen LogP contribution < -0.4 is 5.32 Å². The van der Waals surface area contributed by atoms with Gasteiger partial charge in [-0.15, -0.1) is 0 Å². The Hall–Kier alpha value is -1.67. The van der Waals surface area contributed by atoms with E-state index in [-0.39, 0.29) is 27.8 Å². The van der Waals surface area contributed by atoms with Crippen LogP contribution in [0.15, 0.2) is 18.2 Å². The van der Waals surface area contributed by atoms with Gasteiger partial charge in [0.25, 0.3) is 11.6 Å². The second-order valence-electron chi connectivity index (χ2n) is 4.85. The molecule has 0 bridgehead atoms. The molecule has 114 valence electrons. The minimum absolute atomic E-state index is 0.0335. The first-order chi connectivity index (χ1) is 9.78. The molecule has 1 aliphatic heterocycles. The molecule has 1 atom stereocenters. The number of nitrogens with zero attached hydrogens (tertiary/aromatic N) is 1. The van der Waals surface area contributed by atoms with Crippen LogP contribution >= 0.6 is 11.6 Å². The quantitative estimate of drug-likeness (QED) is 0.667. The van der Waals surface area contributed by atoms with Crippen molar-refractivity contribution in [2.75, 3.05) is 11.5 Å². The molecule has 1 aliphatic rings. The van der Waals surface area contributed by atoms with Gasteiger partial charge in [-0.1, -0.05) is 11.6 Å². The van der Waals surface area contributed by atoms with Crippen molar-refractivity contribution in [3.05, 3.63) is 38.9 Å². The van der Waals surface area contributed by atoms with Crippen molar-refractivity contribution in [1.82, 2.24) is 5.32 Å². The molecular formula is C12H13ClN2O5S. The number of halogens is 1. The number of carbonyl (C=O) groups is 1. The molecule has 9 heteroatoms. The minimum Gasteiger partial charge on any atom is -0.348 e. The van der Waals surface area contributed by atoms with Gasteiger partial charge in [-0.25, -0.2) is 8.42 Å². The highest BCUT2D eigenvalue weighted by Crippen LogP contribution is 2.22. The highest BCUT2D eigenvalue weighted by molar-refractivity contribution is 7.91. The predicted molar refractivity (Wildman–Crippen MR) is 77.2 cm³/mol. The molecule has 0 aliphatic carbocycles. The van der Waals surface area contributed by atoms with Crippen molar-refractivity contribution < 1.29 is 18.1 Å². The second kappa shape index (κ2) is 5.98. The molecule has 1 unspecified atom stereocenters. The molecule has 7 nitrogen and oxygen atoms in total. The molecule has 1 fully saturated rings. The first kappa shape index (κ1) is 15.7. The molecular weight excluding hydrogens is 320 g/mol. The number of nitrogens with one attached hydrogen (secondary N) is 1. The van der Waals surface area contributed by atoms with Crippen LogP contribution in [-0.2, 0) is 9.84 Å². The number of hydrogen-bond acceptors (Lipinski definition) is 5. The van der Waals surface area contributed by atoms with Crippen LogP contribution in [0.25, 0.3) is 0 Å². The van der Waals surface area contributed by atoms with E-state index in [1.165, 1.54) is 12.1 Å². The molecule has 1 saturated heterocycles. The Morgan fingerprint density at radius 3 is 2.76 bits per heavy atom. The Morgan fingerprint density at radius 2 is 2.14 bits per heavy atom. The summed E-state index contributed by atoms with van der Waals surface area (Å²) in [5.41, 5.74) is -0.283. The van der Waals surface area contributed by atoms with Crippen molar-refractivity contribution in [2.45, 2.75) is 18.9 Å².